The van der Waals surface area contributed by atoms with Crippen LogP contribution in [-0.4, -0.2) is 4.98 Å². The summed E-state index contributed by atoms with van der Waals surface area (Å²) in [5.74, 6) is 0. The zero-order chi connectivity index (χ0) is 18.9. The quantitative estimate of drug-likeness (QED) is 0.300. The van der Waals surface area contributed by atoms with E-state index in [0.29, 0.717) is 0 Å². The number of fused-ring (bicyclic) bond motifs is 5. The Hall–Kier alpha value is -3.91. The third kappa shape index (κ3) is 1.98. The van der Waals surface area contributed by atoms with Gasteiger partial charge in [0.05, 0.1) is 11.2 Å². The molecule has 2 heterocycles. The van der Waals surface area contributed by atoms with Gasteiger partial charge in [-0.15, -0.1) is 0 Å². The van der Waals surface area contributed by atoms with Gasteiger partial charge in [0.1, 0.15) is 11.2 Å². The summed E-state index contributed by atoms with van der Waals surface area (Å²) in [6.07, 6.45) is 4.35. The fourth-order valence-electron chi connectivity index (χ4n) is 4.66. The first-order valence-corrected chi connectivity index (χ1v) is 9.82. The molecule has 0 amide bonds. The van der Waals surface area contributed by atoms with Gasteiger partial charge in [-0.2, -0.15) is 0 Å². The average Bonchev–Trinajstić information content (AvgIpc) is 3.37. The van der Waals surface area contributed by atoms with Crippen molar-refractivity contribution in [1.29, 1.82) is 0 Å². The lowest BCUT2D eigenvalue weighted by molar-refractivity contribution is 0.669. The third-order valence-electron chi connectivity index (χ3n) is 6.00. The Balaban J connectivity index is 1.59. The summed E-state index contributed by atoms with van der Waals surface area (Å²) in [7, 11) is 0. The topological polar surface area (TPSA) is 26.0 Å². The number of hydrogen-bond donors (Lipinski definition) is 0. The van der Waals surface area contributed by atoms with E-state index in [0.717, 1.165) is 44.1 Å². The van der Waals surface area contributed by atoms with E-state index >= 15 is 0 Å². The smallest absolute Gasteiger partial charge is 0.144 e. The lowest BCUT2D eigenvalue weighted by atomic mass is 9.99. The van der Waals surface area contributed by atoms with E-state index in [-0.39, 0.29) is 0 Å². The number of hydrogen-bond acceptors (Lipinski definition) is 2. The second-order valence-electron chi connectivity index (χ2n) is 7.62. The Morgan fingerprint density at radius 1 is 0.655 bits per heavy atom. The van der Waals surface area contributed by atoms with Gasteiger partial charge in [0.2, 0.25) is 0 Å². The maximum atomic E-state index is 6.52. The van der Waals surface area contributed by atoms with Crippen molar-refractivity contribution < 1.29 is 4.42 Å². The fourth-order valence-corrected chi connectivity index (χ4v) is 4.66. The second kappa shape index (κ2) is 5.33. The van der Waals surface area contributed by atoms with E-state index in [2.05, 4.69) is 78.9 Å². The highest BCUT2D eigenvalue weighted by Crippen LogP contribution is 2.42. The highest BCUT2D eigenvalue weighted by Gasteiger charge is 2.19. The molecule has 1 aliphatic rings. The number of benzene rings is 4. The minimum absolute atomic E-state index is 0.902. The molecule has 0 spiro atoms. The van der Waals surface area contributed by atoms with Crippen molar-refractivity contribution in [3.05, 3.63) is 90.0 Å². The molecule has 4 aromatic carbocycles. The van der Waals surface area contributed by atoms with Crippen LogP contribution in [-0.2, 0) is 0 Å². The van der Waals surface area contributed by atoms with Crippen LogP contribution in [0.5, 0.6) is 0 Å². The summed E-state index contributed by atoms with van der Waals surface area (Å²) in [5.41, 5.74) is 7.27. The van der Waals surface area contributed by atoms with Crippen molar-refractivity contribution >= 4 is 55.8 Å². The molecule has 0 saturated heterocycles. The maximum absolute atomic E-state index is 6.52. The molecule has 0 saturated carbocycles. The van der Waals surface area contributed by atoms with Crippen molar-refractivity contribution in [1.82, 2.24) is 4.98 Å². The minimum atomic E-state index is 0.902. The monoisotopic (exact) mass is 369 g/mol. The number of pyridine rings is 1. The van der Waals surface area contributed by atoms with Gasteiger partial charge in [-0.05, 0) is 46.7 Å². The highest BCUT2D eigenvalue weighted by molar-refractivity contribution is 6.20. The molecule has 2 nitrogen and oxygen atoms in total. The van der Waals surface area contributed by atoms with E-state index in [1.54, 1.807) is 0 Å². The zero-order valence-electron chi connectivity index (χ0n) is 15.5. The van der Waals surface area contributed by atoms with E-state index in [9.17, 15) is 0 Å². The molecule has 7 rings (SSSR count). The predicted octanol–water partition coefficient (Wildman–Crippen LogP) is 7.44. The predicted molar refractivity (Wildman–Crippen MR) is 121 cm³/mol. The van der Waals surface area contributed by atoms with E-state index in [1.165, 1.54) is 21.9 Å². The number of para-hydroxylation sites is 2. The standard InChI is InChI=1S/C27H15NO/c1-2-10-23-16(5-1)12-14-24(28-23)20-9-4-8-19-22-15-18-7-3-6-17-11-13-21(25(17)18)27(22)29-26(19)20/h1-15H. The molecule has 6 aromatic rings. The second-order valence-corrected chi connectivity index (χ2v) is 7.62. The molecular weight excluding hydrogens is 354 g/mol. The van der Waals surface area contributed by atoms with Crippen LogP contribution in [0.25, 0.3) is 67.0 Å². The first-order chi connectivity index (χ1) is 14.4. The summed E-state index contributed by atoms with van der Waals surface area (Å²) < 4.78 is 6.52. The van der Waals surface area contributed by atoms with Gasteiger partial charge < -0.3 is 4.42 Å². The maximum Gasteiger partial charge on any atom is 0.144 e. The number of nitrogens with zero attached hydrogens (tertiary/aromatic N) is 1. The molecule has 0 atom stereocenters. The van der Waals surface area contributed by atoms with Gasteiger partial charge >= 0.3 is 0 Å². The highest BCUT2D eigenvalue weighted by atomic mass is 16.3. The molecule has 2 aromatic heterocycles. The average molecular weight is 369 g/mol. The van der Waals surface area contributed by atoms with Gasteiger partial charge in [-0.25, -0.2) is 4.98 Å². The summed E-state index contributed by atoms with van der Waals surface area (Å²) in [6, 6.07) is 27.5. The minimum Gasteiger partial charge on any atom is -0.455 e. The molecule has 0 unspecified atom stereocenters. The SMILES string of the molecule is C1=Cc2c3oc4c(-c5ccc6ccccc6n5)cccc4c3cc3cccc1c23. The third-order valence-corrected chi connectivity index (χ3v) is 6.00. The summed E-state index contributed by atoms with van der Waals surface area (Å²) in [5, 5.41) is 5.98. The number of aromatic nitrogens is 1. The Bertz CT molecular complexity index is 1650. The largest absolute Gasteiger partial charge is 0.455 e. The van der Waals surface area contributed by atoms with Crippen LogP contribution in [0.3, 0.4) is 0 Å². The van der Waals surface area contributed by atoms with Crippen molar-refractivity contribution in [2.24, 2.45) is 0 Å². The van der Waals surface area contributed by atoms with Crippen LogP contribution in [0.4, 0.5) is 0 Å². The van der Waals surface area contributed by atoms with Crippen LogP contribution in [0, 0.1) is 0 Å². The Kier molecular flexibility index (Phi) is 2.77. The van der Waals surface area contributed by atoms with Gasteiger partial charge in [0, 0.05) is 27.3 Å². The molecule has 0 bridgehead atoms. The number of furan rings is 1. The van der Waals surface area contributed by atoms with Gasteiger partial charge in [-0.3, -0.25) is 0 Å². The van der Waals surface area contributed by atoms with Crippen molar-refractivity contribution in [3.63, 3.8) is 0 Å². The van der Waals surface area contributed by atoms with E-state index < -0.39 is 0 Å². The number of rotatable bonds is 1. The van der Waals surface area contributed by atoms with Crippen LogP contribution in [0.1, 0.15) is 11.1 Å². The Morgan fingerprint density at radius 2 is 1.55 bits per heavy atom. The van der Waals surface area contributed by atoms with Crippen molar-refractivity contribution in [2.75, 3.05) is 0 Å². The summed E-state index contributed by atoms with van der Waals surface area (Å²) in [6.45, 7) is 0. The normalized spacial score (nSPS) is 12.7. The summed E-state index contributed by atoms with van der Waals surface area (Å²) in [4.78, 5) is 4.90. The van der Waals surface area contributed by atoms with Crippen molar-refractivity contribution in [2.45, 2.75) is 0 Å². The Labute approximate surface area is 166 Å². The zero-order valence-corrected chi connectivity index (χ0v) is 15.5. The molecule has 29 heavy (non-hydrogen) atoms. The molecule has 134 valence electrons. The Morgan fingerprint density at radius 3 is 2.55 bits per heavy atom. The van der Waals surface area contributed by atoms with Crippen LogP contribution >= 0.6 is 0 Å². The molecule has 1 aliphatic carbocycles. The molecule has 2 heteroatoms. The van der Waals surface area contributed by atoms with E-state index in [1.807, 2.05) is 12.1 Å². The van der Waals surface area contributed by atoms with Crippen LogP contribution in [0.2, 0.25) is 0 Å². The first-order valence-electron chi connectivity index (χ1n) is 9.82. The van der Waals surface area contributed by atoms with Gasteiger partial charge in [0.25, 0.3) is 0 Å². The fraction of sp³-hybridized carbons (Fsp3) is 0. The van der Waals surface area contributed by atoms with Crippen LogP contribution in [0.15, 0.2) is 83.3 Å². The molecule has 0 N–H and O–H groups in total. The van der Waals surface area contributed by atoms with Gasteiger partial charge in [-0.1, -0.05) is 60.7 Å². The summed E-state index contributed by atoms with van der Waals surface area (Å²) >= 11 is 0. The lowest BCUT2D eigenvalue weighted by Crippen LogP contribution is -1.85. The molecule has 0 fully saturated rings. The lowest BCUT2D eigenvalue weighted by Gasteiger charge is -2.04. The van der Waals surface area contributed by atoms with Crippen LogP contribution < -0.4 is 0 Å². The molecule has 0 aliphatic heterocycles. The van der Waals surface area contributed by atoms with Gasteiger partial charge in [0.15, 0.2) is 0 Å². The first kappa shape index (κ1) is 15.1. The van der Waals surface area contributed by atoms with Crippen molar-refractivity contribution in [3.8, 4) is 11.3 Å². The molecule has 0 radical (unpaired) electrons. The van der Waals surface area contributed by atoms with E-state index in [4.69, 9.17) is 9.40 Å². The molecular formula is C27H15NO.